The highest BCUT2D eigenvalue weighted by Gasteiger charge is 2.06. The molecule has 0 fully saturated rings. The number of rotatable bonds is 6. The Bertz CT molecular complexity index is 496. The number of nitrogens with one attached hydrogen (secondary N) is 1. The molecule has 0 amide bonds. The van der Waals surface area contributed by atoms with Crippen molar-refractivity contribution in [1.82, 2.24) is 4.98 Å². The molecule has 0 unspecified atom stereocenters. The van der Waals surface area contributed by atoms with E-state index in [1.165, 1.54) is 5.69 Å². The van der Waals surface area contributed by atoms with Crippen molar-refractivity contribution in [3.05, 3.63) is 54.2 Å². The first-order chi connectivity index (χ1) is 9.33. The first kappa shape index (κ1) is 13.4. The summed E-state index contributed by atoms with van der Waals surface area (Å²) in [6.07, 6.45) is 0. The second kappa shape index (κ2) is 6.78. The molecule has 2 aromatic rings. The highest BCUT2D eigenvalue weighted by Crippen LogP contribution is 2.16. The second-order valence-electron chi connectivity index (χ2n) is 4.39. The zero-order chi connectivity index (χ0) is 13.5. The zero-order valence-corrected chi connectivity index (χ0v) is 11.6. The van der Waals surface area contributed by atoms with Crippen LogP contribution >= 0.6 is 0 Å². The predicted octanol–water partition coefficient (Wildman–Crippen LogP) is 3.54. The monoisotopic (exact) mass is 255 g/mol. The van der Waals surface area contributed by atoms with E-state index in [1.54, 1.807) is 0 Å². The van der Waals surface area contributed by atoms with Crippen LogP contribution < -0.4 is 10.2 Å². The summed E-state index contributed by atoms with van der Waals surface area (Å²) in [5.74, 6) is 0.948. The molecule has 1 aromatic heterocycles. The van der Waals surface area contributed by atoms with Crippen molar-refractivity contribution >= 4 is 11.5 Å². The van der Waals surface area contributed by atoms with Crippen LogP contribution in [-0.4, -0.2) is 18.1 Å². The maximum Gasteiger partial charge on any atom is 0.126 e. The van der Waals surface area contributed by atoms with E-state index in [0.717, 1.165) is 31.1 Å². The van der Waals surface area contributed by atoms with E-state index in [-0.39, 0.29) is 0 Å². The van der Waals surface area contributed by atoms with Gasteiger partial charge in [0.05, 0.1) is 12.2 Å². The number of hydrogen-bond donors (Lipinski definition) is 1. The highest BCUT2D eigenvalue weighted by molar-refractivity contribution is 5.46. The van der Waals surface area contributed by atoms with Crippen LogP contribution in [0.25, 0.3) is 0 Å². The van der Waals surface area contributed by atoms with Gasteiger partial charge in [-0.1, -0.05) is 24.3 Å². The summed E-state index contributed by atoms with van der Waals surface area (Å²) in [5.41, 5.74) is 2.32. The Kier molecular flexibility index (Phi) is 4.78. The molecule has 0 atom stereocenters. The van der Waals surface area contributed by atoms with Crippen molar-refractivity contribution in [2.75, 3.05) is 23.3 Å². The minimum atomic E-state index is 0.833. The van der Waals surface area contributed by atoms with E-state index in [2.05, 4.69) is 65.4 Å². The molecule has 0 aliphatic carbocycles. The smallest absolute Gasteiger partial charge is 0.126 e. The van der Waals surface area contributed by atoms with Crippen LogP contribution in [0.3, 0.4) is 0 Å². The standard InChI is InChI=1S/C16H21N3/c1-3-17-16-12-8-9-14(18-16)13-19(4-2)15-10-6-5-7-11-15/h5-12H,3-4,13H2,1-2H3,(H,17,18). The SMILES string of the molecule is CCNc1cccc(CN(CC)c2ccccc2)n1. The lowest BCUT2D eigenvalue weighted by molar-refractivity contribution is 0.810. The van der Waals surface area contributed by atoms with Gasteiger partial charge in [0.2, 0.25) is 0 Å². The molecule has 19 heavy (non-hydrogen) atoms. The molecule has 0 radical (unpaired) electrons. The summed E-state index contributed by atoms with van der Waals surface area (Å²) in [6, 6.07) is 16.6. The molecule has 1 N–H and O–H groups in total. The summed E-state index contributed by atoms with van der Waals surface area (Å²) in [6.45, 7) is 6.95. The Morgan fingerprint density at radius 3 is 2.47 bits per heavy atom. The zero-order valence-electron chi connectivity index (χ0n) is 11.6. The normalized spacial score (nSPS) is 10.2. The van der Waals surface area contributed by atoms with Crippen molar-refractivity contribution < 1.29 is 0 Å². The molecule has 3 heteroatoms. The first-order valence-electron chi connectivity index (χ1n) is 6.83. The summed E-state index contributed by atoms with van der Waals surface area (Å²) in [5, 5.41) is 3.25. The molecule has 0 bridgehead atoms. The first-order valence-corrected chi connectivity index (χ1v) is 6.83. The average Bonchev–Trinajstić information content (AvgIpc) is 2.46. The lowest BCUT2D eigenvalue weighted by Crippen LogP contribution is -2.22. The van der Waals surface area contributed by atoms with E-state index in [0.29, 0.717) is 0 Å². The Balaban J connectivity index is 2.12. The van der Waals surface area contributed by atoms with Crippen LogP contribution in [0.1, 0.15) is 19.5 Å². The lowest BCUT2D eigenvalue weighted by Gasteiger charge is -2.22. The third-order valence-corrected chi connectivity index (χ3v) is 3.02. The van der Waals surface area contributed by atoms with Gasteiger partial charge in [0.25, 0.3) is 0 Å². The van der Waals surface area contributed by atoms with Crippen LogP contribution in [0.2, 0.25) is 0 Å². The topological polar surface area (TPSA) is 28.2 Å². The summed E-state index contributed by atoms with van der Waals surface area (Å²) < 4.78 is 0. The van der Waals surface area contributed by atoms with Gasteiger partial charge in [-0.15, -0.1) is 0 Å². The Labute approximate surface area is 115 Å². The molecule has 1 heterocycles. The van der Waals surface area contributed by atoms with E-state index >= 15 is 0 Å². The van der Waals surface area contributed by atoms with Gasteiger partial charge < -0.3 is 10.2 Å². The van der Waals surface area contributed by atoms with Crippen molar-refractivity contribution in [2.24, 2.45) is 0 Å². The summed E-state index contributed by atoms with van der Waals surface area (Å²) in [7, 11) is 0. The Morgan fingerprint density at radius 1 is 1.00 bits per heavy atom. The molecule has 1 aromatic carbocycles. The summed E-state index contributed by atoms with van der Waals surface area (Å²) in [4.78, 5) is 6.94. The molecule has 0 aliphatic heterocycles. The maximum atomic E-state index is 4.62. The van der Waals surface area contributed by atoms with Crippen LogP contribution in [0, 0.1) is 0 Å². The number of para-hydroxylation sites is 1. The number of nitrogens with zero attached hydrogens (tertiary/aromatic N) is 2. The van der Waals surface area contributed by atoms with Gasteiger partial charge in [-0.05, 0) is 38.1 Å². The number of aromatic nitrogens is 1. The van der Waals surface area contributed by atoms with Crippen molar-refractivity contribution in [3.8, 4) is 0 Å². The van der Waals surface area contributed by atoms with Crippen molar-refractivity contribution in [3.63, 3.8) is 0 Å². The fourth-order valence-electron chi connectivity index (χ4n) is 2.07. The maximum absolute atomic E-state index is 4.62. The van der Waals surface area contributed by atoms with E-state index in [4.69, 9.17) is 0 Å². The number of anilines is 2. The molecule has 100 valence electrons. The average molecular weight is 255 g/mol. The van der Waals surface area contributed by atoms with Gasteiger partial charge in [-0.3, -0.25) is 0 Å². The molecule has 0 aliphatic rings. The number of hydrogen-bond acceptors (Lipinski definition) is 3. The third-order valence-electron chi connectivity index (χ3n) is 3.02. The van der Waals surface area contributed by atoms with Gasteiger partial charge in [0, 0.05) is 18.8 Å². The Morgan fingerprint density at radius 2 is 1.79 bits per heavy atom. The van der Waals surface area contributed by atoms with Crippen LogP contribution in [0.4, 0.5) is 11.5 Å². The quantitative estimate of drug-likeness (QED) is 0.855. The van der Waals surface area contributed by atoms with Crippen LogP contribution in [-0.2, 0) is 6.54 Å². The second-order valence-corrected chi connectivity index (χ2v) is 4.39. The molecule has 0 spiro atoms. The Hall–Kier alpha value is -2.03. The van der Waals surface area contributed by atoms with Crippen molar-refractivity contribution in [2.45, 2.75) is 20.4 Å². The van der Waals surface area contributed by atoms with Crippen LogP contribution in [0.5, 0.6) is 0 Å². The number of pyridine rings is 1. The molecular formula is C16H21N3. The fraction of sp³-hybridized carbons (Fsp3) is 0.312. The molecule has 2 rings (SSSR count). The van der Waals surface area contributed by atoms with Gasteiger partial charge in [0.1, 0.15) is 5.82 Å². The van der Waals surface area contributed by atoms with Gasteiger partial charge in [-0.2, -0.15) is 0 Å². The van der Waals surface area contributed by atoms with E-state index in [9.17, 15) is 0 Å². The molecule has 3 nitrogen and oxygen atoms in total. The third kappa shape index (κ3) is 3.71. The van der Waals surface area contributed by atoms with Crippen LogP contribution in [0.15, 0.2) is 48.5 Å². The summed E-state index contributed by atoms with van der Waals surface area (Å²) >= 11 is 0. The molecule has 0 saturated carbocycles. The predicted molar refractivity (Wildman–Crippen MR) is 81.6 cm³/mol. The molecular weight excluding hydrogens is 234 g/mol. The van der Waals surface area contributed by atoms with Gasteiger partial charge in [0.15, 0.2) is 0 Å². The lowest BCUT2D eigenvalue weighted by atomic mass is 10.2. The number of benzene rings is 1. The highest BCUT2D eigenvalue weighted by atomic mass is 15.1. The largest absolute Gasteiger partial charge is 0.370 e. The fourth-order valence-corrected chi connectivity index (χ4v) is 2.07. The van der Waals surface area contributed by atoms with Gasteiger partial charge >= 0.3 is 0 Å². The minimum absolute atomic E-state index is 0.833. The molecule has 0 saturated heterocycles. The van der Waals surface area contributed by atoms with E-state index in [1.807, 2.05) is 12.1 Å². The van der Waals surface area contributed by atoms with Crippen molar-refractivity contribution in [1.29, 1.82) is 0 Å². The van der Waals surface area contributed by atoms with E-state index < -0.39 is 0 Å². The van der Waals surface area contributed by atoms with Gasteiger partial charge in [-0.25, -0.2) is 4.98 Å². The minimum Gasteiger partial charge on any atom is -0.370 e.